The van der Waals surface area contributed by atoms with Crippen molar-refractivity contribution in [2.45, 2.75) is 6.18 Å². The Labute approximate surface area is 206 Å². The molecule has 0 aliphatic rings. The predicted octanol–water partition coefficient (Wildman–Crippen LogP) is 9.41. The number of aromatic nitrogens is 1. The van der Waals surface area contributed by atoms with Crippen LogP contribution in [0.4, 0.5) is 13.2 Å². The highest BCUT2D eigenvalue weighted by molar-refractivity contribution is 5.96. The van der Waals surface area contributed by atoms with Crippen LogP contribution in [0.25, 0.3) is 55.1 Å². The van der Waals surface area contributed by atoms with E-state index in [4.69, 9.17) is 4.98 Å². The summed E-state index contributed by atoms with van der Waals surface area (Å²) in [4.78, 5) is 4.75. The zero-order valence-electron chi connectivity index (χ0n) is 19.1. The second-order valence-electron chi connectivity index (χ2n) is 8.81. The van der Waals surface area contributed by atoms with Crippen LogP contribution in [0, 0.1) is 0 Å². The Bertz CT molecular complexity index is 1690. The van der Waals surface area contributed by atoms with Crippen LogP contribution in [0.2, 0.25) is 0 Å². The van der Waals surface area contributed by atoms with Crippen LogP contribution in [-0.2, 0) is 6.18 Å². The number of benzene rings is 5. The lowest BCUT2D eigenvalue weighted by Crippen LogP contribution is -2.03. The van der Waals surface area contributed by atoms with Gasteiger partial charge in [0.1, 0.15) is 0 Å². The lowest BCUT2D eigenvalue weighted by atomic mass is 9.97. The Balaban J connectivity index is 1.29. The Morgan fingerprint density at radius 1 is 0.500 bits per heavy atom. The molecule has 4 heteroatoms. The van der Waals surface area contributed by atoms with E-state index in [-0.39, 0.29) is 0 Å². The number of halogens is 3. The summed E-state index contributed by atoms with van der Waals surface area (Å²) in [7, 11) is 0. The van der Waals surface area contributed by atoms with Crippen molar-refractivity contribution in [1.29, 1.82) is 0 Å². The summed E-state index contributed by atoms with van der Waals surface area (Å²) in [5, 5.41) is 4.44. The molecule has 0 bridgehead atoms. The second kappa shape index (κ2) is 8.65. The monoisotopic (exact) mass is 475 g/mol. The molecule has 1 aromatic heterocycles. The molecule has 36 heavy (non-hydrogen) atoms. The maximum Gasteiger partial charge on any atom is 0.416 e. The summed E-state index contributed by atoms with van der Waals surface area (Å²) in [5.74, 6) is 0. The predicted molar refractivity (Wildman–Crippen MR) is 141 cm³/mol. The molecule has 0 radical (unpaired) electrons. The number of pyridine rings is 1. The molecule has 0 saturated heterocycles. The van der Waals surface area contributed by atoms with Gasteiger partial charge in [-0.15, -0.1) is 0 Å². The normalized spacial score (nSPS) is 11.8. The first-order chi connectivity index (χ1) is 17.5. The third-order valence-corrected chi connectivity index (χ3v) is 6.55. The zero-order valence-corrected chi connectivity index (χ0v) is 19.1. The molecule has 0 fully saturated rings. The number of rotatable bonds is 3. The molecule has 0 spiro atoms. The molecule has 0 aliphatic carbocycles. The second-order valence-corrected chi connectivity index (χ2v) is 8.81. The van der Waals surface area contributed by atoms with Gasteiger partial charge in [0.05, 0.1) is 11.3 Å². The van der Waals surface area contributed by atoms with E-state index < -0.39 is 11.7 Å². The Morgan fingerprint density at radius 3 is 1.78 bits per heavy atom. The maximum absolute atomic E-state index is 12.9. The van der Waals surface area contributed by atoms with Gasteiger partial charge in [0.15, 0.2) is 0 Å². The highest BCUT2D eigenvalue weighted by atomic mass is 19.4. The Morgan fingerprint density at radius 2 is 1.11 bits per heavy atom. The highest BCUT2D eigenvalue weighted by Crippen LogP contribution is 2.33. The summed E-state index contributed by atoms with van der Waals surface area (Å²) in [5.41, 5.74) is 5.10. The summed E-state index contributed by atoms with van der Waals surface area (Å²) < 4.78 is 38.6. The maximum atomic E-state index is 12.9. The van der Waals surface area contributed by atoms with Gasteiger partial charge in [-0.05, 0) is 68.6 Å². The third-order valence-electron chi connectivity index (χ3n) is 6.55. The van der Waals surface area contributed by atoms with Crippen molar-refractivity contribution >= 4 is 21.5 Å². The first-order valence-corrected chi connectivity index (χ1v) is 11.6. The van der Waals surface area contributed by atoms with Crippen LogP contribution in [0.1, 0.15) is 5.56 Å². The van der Waals surface area contributed by atoms with E-state index in [1.165, 1.54) is 22.9 Å². The van der Waals surface area contributed by atoms with E-state index in [1.807, 2.05) is 48.7 Å². The van der Waals surface area contributed by atoms with Gasteiger partial charge in [0, 0.05) is 17.3 Å². The molecule has 6 rings (SSSR count). The minimum absolute atomic E-state index is 0.642. The number of hydrogen-bond acceptors (Lipinski definition) is 1. The summed E-state index contributed by atoms with van der Waals surface area (Å²) in [6.45, 7) is 0. The van der Waals surface area contributed by atoms with E-state index >= 15 is 0 Å². The fourth-order valence-corrected chi connectivity index (χ4v) is 4.63. The van der Waals surface area contributed by atoms with Crippen LogP contribution in [-0.4, -0.2) is 4.98 Å². The minimum Gasteiger partial charge on any atom is -0.256 e. The van der Waals surface area contributed by atoms with Gasteiger partial charge in [0.2, 0.25) is 0 Å². The van der Waals surface area contributed by atoms with Crippen molar-refractivity contribution in [3.63, 3.8) is 0 Å². The topological polar surface area (TPSA) is 12.9 Å². The highest BCUT2D eigenvalue weighted by Gasteiger charge is 2.29. The molecule has 0 amide bonds. The number of alkyl halides is 3. The number of hydrogen-bond donors (Lipinski definition) is 0. The number of nitrogens with zero attached hydrogens (tertiary/aromatic N) is 1. The average Bonchev–Trinajstić information content (AvgIpc) is 2.92. The summed E-state index contributed by atoms with van der Waals surface area (Å²) in [6, 6.07) is 36.1. The van der Waals surface area contributed by atoms with Gasteiger partial charge in [0.25, 0.3) is 0 Å². The molecule has 0 saturated carbocycles. The van der Waals surface area contributed by atoms with Crippen LogP contribution < -0.4 is 0 Å². The van der Waals surface area contributed by atoms with E-state index in [9.17, 15) is 13.2 Å². The molecular formula is C32H20F3N. The van der Waals surface area contributed by atoms with Crippen molar-refractivity contribution in [1.82, 2.24) is 4.98 Å². The van der Waals surface area contributed by atoms with Gasteiger partial charge in [-0.1, -0.05) is 84.9 Å². The van der Waals surface area contributed by atoms with E-state index in [2.05, 4.69) is 48.5 Å². The van der Waals surface area contributed by atoms with E-state index in [0.717, 1.165) is 56.4 Å². The van der Waals surface area contributed by atoms with Gasteiger partial charge in [-0.2, -0.15) is 13.2 Å². The first kappa shape index (κ1) is 22.1. The van der Waals surface area contributed by atoms with Crippen molar-refractivity contribution in [3.8, 4) is 33.5 Å². The standard InChI is InChI=1S/C32H20F3N/c33-32(34,35)28-15-12-21(13-16-28)23-8-9-25-19-26(11-10-24(25)18-23)27-14-17-31(36-20-27)30-7-3-5-22-4-1-2-6-29(22)30/h1-20H. The van der Waals surface area contributed by atoms with Crippen molar-refractivity contribution in [3.05, 3.63) is 127 Å². The van der Waals surface area contributed by atoms with Gasteiger partial charge >= 0.3 is 6.18 Å². The SMILES string of the molecule is FC(F)(F)c1ccc(-c2ccc3cc(-c4ccc(-c5cccc6ccccc56)nc4)ccc3c2)cc1. The molecular weight excluding hydrogens is 455 g/mol. The lowest BCUT2D eigenvalue weighted by Gasteiger charge is -2.10. The van der Waals surface area contributed by atoms with E-state index in [0.29, 0.717) is 0 Å². The van der Waals surface area contributed by atoms with E-state index in [1.54, 1.807) is 0 Å². The van der Waals surface area contributed by atoms with Crippen LogP contribution in [0.5, 0.6) is 0 Å². The summed E-state index contributed by atoms with van der Waals surface area (Å²) in [6.07, 6.45) is -2.44. The van der Waals surface area contributed by atoms with Crippen LogP contribution >= 0.6 is 0 Å². The molecule has 1 heterocycles. The third kappa shape index (κ3) is 4.11. The number of fused-ring (bicyclic) bond motifs is 2. The van der Waals surface area contributed by atoms with Crippen LogP contribution in [0.3, 0.4) is 0 Å². The Kier molecular flexibility index (Phi) is 5.30. The molecule has 6 aromatic rings. The largest absolute Gasteiger partial charge is 0.416 e. The fourth-order valence-electron chi connectivity index (χ4n) is 4.63. The van der Waals surface area contributed by atoms with Crippen molar-refractivity contribution < 1.29 is 13.2 Å². The molecule has 5 aromatic carbocycles. The van der Waals surface area contributed by atoms with Crippen LogP contribution in [0.15, 0.2) is 121 Å². The van der Waals surface area contributed by atoms with Gasteiger partial charge < -0.3 is 0 Å². The zero-order chi connectivity index (χ0) is 24.7. The molecule has 0 N–H and O–H groups in total. The molecule has 174 valence electrons. The smallest absolute Gasteiger partial charge is 0.256 e. The Hall–Kier alpha value is -4.44. The van der Waals surface area contributed by atoms with Crippen molar-refractivity contribution in [2.75, 3.05) is 0 Å². The molecule has 0 atom stereocenters. The average molecular weight is 476 g/mol. The van der Waals surface area contributed by atoms with Gasteiger partial charge in [-0.3, -0.25) is 4.98 Å². The molecule has 0 unspecified atom stereocenters. The summed E-state index contributed by atoms with van der Waals surface area (Å²) >= 11 is 0. The molecule has 0 aliphatic heterocycles. The quantitative estimate of drug-likeness (QED) is 0.248. The van der Waals surface area contributed by atoms with Gasteiger partial charge in [-0.25, -0.2) is 0 Å². The minimum atomic E-state index is -4.33. The first-order valence-electron chi connectivity index (χ1n) is 11.6. The molecule has 1 nitrogen and oxygen atoms in total. The fraction of sp³-hybridized carbons (Fsp3) is 0.0312. The lowest BCUT2D eigenvalue weighted by molar-refractivity contribution is -0.137. The van der Waals surface area contributed by atoms with Crippen molar-refractivity contribution in [2.24, 2.45) is 0 Å².